The predicted octanol–water partition coefficient (Wildman–Crippen LogP) is 2.13. The zero-order chi connectivity index (χ0) is 21.2. The number of methoxy groups -OCH3 is 1. The normalized spacial score (nSPS) is 20.1. The second-order valence-corrected chi connectivity index (χ2v) is 7.95. The fourth-order valence-electron chi connectivity index (χ4n) is 4.09. The smallest absolute Gasteiger partial charge is 0.193 e. The first-order valence-corrected chi connectivity index (χ1v) is 10.9. The van der Waals surface area contributed by atoms with Crippen LogP contribution < -0.4 is 10.2 Å². The molecule has 1 aromatic rings. The van der Waals surface area contributed by atoms with Gasteiger partial charge in [-0.1, -0.05) is 0 Å². The van der Waals surface area contributed by atoms with Crippen LogP contribution in [0.2, 0.25) is 0 Å². The number of benzene rings is 1. The van der Waals surface area contributed by atoms with Crippen LogP contribution >= 0.6 is 24.0 Å². The standard InChI is InChI=1S/C22H36FN5O2.HI/c1-24-22(28-9-7-19(17-28)18-30-16-15-29-2)25-8-10-26-11-13-27(14-12-26)21-5-3-20(23)4-6-21;/h3-6,19H,7-18H2,1-2H3,(H,24,25);1H. The van der Waals surface area contributed by atoms with Crippen LogP contribution in [0.1, 0.15) is 6.42 Å². The minimum atomic E-state index is -0.181. The van der Waals surface area contributed by atoms with Crippen molar-refractivity contribution in [1.82, 2.24) is 15.1 Å². The molecule has 0 bridgehead atoms. The lowest BCUT2D eigenvalue weighted by molar-refractivity contribution is 0.0536. The van der Waals surface area contributed by atoms with Crippen LogP contribution in [0.15, 0.2) is 29.3 Å². The molecule has 1 atom stereocenters. The van der Waals surface area contributed by atoms with Gasteiger partial charge in [-0.3, -0.25) is 9.89 Å². The molecule has 176 valence electrons. The molecular formula is C22H37FIN5O2. The summed E-state index contributed by atoms with van der Waals surface area (Å²) in [6.07, 6.45) is 1.14. The molecule has 2 heterocycles. The summed E-state index contributed by atoms with van der Waals surface area (Å²) in [7, 11) is 3.55. The van der Waals surface area contributed by atoms with E-state index in [0.717, 1.165) is 77.0 Å². The summed E-state index contributed by atoms with van der Waals surface area (Å²) in [4.78, 5) is 11.6. The van der Waals surface area contributed by atoms with Crippen molar-refractivity contribution in [3.63, 3.8) is 0 Å². The molecule has 7 nitrogen and oxygen atoms in total. The molecule has 0 amide bonds. The Morgan fingerprint density at radius 2 is 1.87 bits per heavy atom. The van der Waals surface area contributed by atoms with Crippen molar-refractivity contribution in [1.29, 1.82) is 0 Å². The number of aliphatic imine (C=N–C) groups is 1. The van der Waals surface area contributed by atoms with Crippen LogP contribution in [0.25, 0.3) is 0 Å². The van der Waals surface area contributed by atoms with E-state index in [0.29, 0.717) is 19.1 Å². The van der Waals surface area contributed by atoms with Gasteiger partial charge < -0.3 is 24.6 Å². The predicted molar refractivity (Wildman–Crippen MR) is 134 cm³/mol. The molecular weight excluding hydrogens is 512 g/mol. The highest BCUT2D eigenvalue weighted by Crippen LogP contribution is 2.18. The largest absolute Gasteiger partial charge is 0.382 e. The summed E-state index contributed by atoms with van der Waals surface area (Å²) in [6, 6.07) is 6.79. The van der Waals surface area contributed by atoms with Crippen LogP contribution in [0.5, 0.6) is 0 Å². The van der Waals surface area contributed by atoms with Gasteiger partial charge in [-0.2, -0.15) is 0 Å². The van der Waals surface area contributed by atoms with Crippen molar-refractivity contribution >= 4 is 35.6 Å². The zero-order valence-electron chi connectivity index (χ0n) is 18.8. The maximum Gasteiger partial charge on any atom is 0.193 e. The van der Waals surface area contributed by atoms with E-state index in [1.54, 1.807) is 7.11 Å². The van der Waals surface area contributed by atoms with E-state index < -0.39 is 0 Å². The summed E-state index contributed by atoms with van der Waals surface area (Å²) in [5, 5.41) is 3.52. The molecule has 0 aliphatic carbocycles. The van der Waals surface area contributed by atoms with E-state index in [1.807, 2.05) is 19.2 Å². The molecule has 0 saturated carbocycles. The third-order valence-corrected chi connectivity index (χ3v) is 5.86. The number of likely N-dealkylation sites (tertiary alicyclic amines) is 1. The average molecular weight is 549 g/mol. The van der Waals surface area contributed by atoms with Crippen LogP contribution in [-0.2, 0) is 9.47 Å². The summed E-state index contributed by atoms with van der Waals surface area (Å²) >= 11 is 0. The first kappa shape index (κ1) is 26.1. The number of hydrogen-bond acceptors (Lipinski definition) is 5. The third kappa shape index (κ3) is 8.36. The van der Waals surface area contributed by atoms with Gasteiger partial charge in [0.15, 0.2) is 5.96 Å². The maximum atomic E-state index is 13.1. The number of ether oxygens (including phenoxy) is 2. The van der Waals surface area contributed by atoms with Crippen molar-refractivity contribution in [3.05, 3.63) is 30.1 Å². The van der Waals surface area contributed by atoms with Gasteiger partial charge in [0.1, 0.15) is 5.82 Å². The monoisotopic (exact) mass is 549 g/mol. The Labute approximate surface area is 203 Å². The summed E-state index contributed by atoms with van der Waals surface area (Å²) < 4.78 is 23.8. The molecule has 2 aliphatic heterocycles. The molecule has 0 spiro atoms. The number of nitrogens with zero attached hydrogens (tertiary/aromatic N) is 4. The molecule has 9 heteroatoms. The van der Waals surface area contributed by atoms with Crippen molar-refractivity contribution in [3.8, 4) is 0 Å². The maximum absolute atomic E-state index is 13.1. The van der Waals surface area contributed by atoms with Gasteiger partial charge >= 0.3 is 0 Å². The molecule has 1 aromatic carbocycles. The molecule has 2 fully saturated rings. The lowest BCUT2D eigenvalue weighted by Crippen LogP contribution is -2.49. The summed E-state index contributed by atoms with van der Waals surface area (Å²) in [5.41, 5.74) is 1.10. The fraction of sp³-hybridized carbons (Fsp3) is 0.682. The van der Waals surface area contributed by atoms with E-state index in [-0.39, 0.29) is 29.8 Å². The fourth-order valence-corrected chi connectivity index (χ4v) is 4.09. The van der Waals surface area contributed by atoms with E-state index in [9.17, 15) is 4.39 Å². The van der Waals surface area contributed by atoms with Crippen LogP contribution in [0.4, 0.5) is 10.1 Å². The second-order valence-electron chi connectivity index (χ2n) is 7.95. The third-order valence-electron chi connectivity index (χ3n) is 5.86. The summed E-state index contributed by atoms with van der Waals surface area (Å²) in [5.74, 6) is 1.36. The van der Waals surface area contributed by atoms with Gasteiger partial charge in [0.2, 0.25) is 0 Å². The van der Waals surface area contributed by atoms with Gasteiger partial charge in [-0.15, -0.1) is 24.0 Å². The van der Waals surface area contributed by atoms with Crippen LogP contribution in [0, 0.1) is 11.7 Å². The first-order valence-electron chi connectivity index (χ1n) is 10.9. The van der Waals surface area contributed by atoms with E-state index in [2.05, 4.69) is 25.0 Å². The number of piperazine rings is 1. The Kier molecular flexibility index (Phi) is 11.8. The first-order chi connectivity index (χ1) is 14.7. The Balaban J connectivity index is 0.00000341. The van der Waals surface area contributed by atoms with Crippen LogP contribution in [0.3, 0.4) is 0 Å². The van der Waals surface area contributed by atoms with Gasteiger partial charge in [0.05, 0.1) is 19.8 Å². The van der Waals surface area contributed by atoms with Gasteiger partial charge in [-0.25, -0.2) is 4.39 Å². The van der Waals surface area contributed by atoms with Crippen molar-refractivity contribution < 1.29 is 13.9 Å². The zero-order valence-corrected chi connectivity index (χ0v) is 21.1. The average Bonchev–Trinajstić information content (AvgIpc) is 3.24. The van der Waals surface area contributed by atoms with E-state index >= 15 is 0 Å². The molecule has 1 unspecified atom stereocenters. The molecule has 0 radical (unpaired) electrons. The molecule has 2 aliphatic rings. The van der Waals surface area contributed by atoms with Gasteiger partial charge in [-0.05, 0) is 30.7 Å². The lowest BCUT2D eigenvalue weighted by atomic mass is 10.1. The number of anilines is 1. The topological polar surface area (TPSA) is 52.6 Å². The minimum absolute atomic E-state index is 0. The quantitative estimate of drug-likeness (QED) is 0.221. The van der Waals surface area contributed by atoms with Crippen molar-refractivity contribution in [2.75, 3.05) is 91.2 Å². The molecule has 1 N–H and O–H groups in total. The molecule has 3 rings (SSSR count). The number of nitrogens with one attached hydrogen (secondary N) is 1. The number of guanidine groups is 1. The van der Waals surface area contributed by atoms with Gasteiger partial charge in [0, 0.05) is 78.1 Å². The highest BCUT2D eigenvalue weighted by atomic mass is 127. The highest BCUT2D eigenvalue weighted by Gasteiger charge is 2.25. The van der Waals surface area contributed by atoms with E-state index in [4.69, 9.17) is 9.47 Å². The Morgan fingerprint density at radius 1 is 1.13 bits per heavy atom. The number of rotatable bonds is 9. The summed E-state index contributed by atoms with van der Waals surface area (Å²) in [6.45, 7) is 9.96. The Hall–Kier alpha value is -1.17. The Bertz CT molecular complexity index is 656. The number of halogens is 2. The number of hydrogen-bond donors (Lipinski definition) is 1. The lowest BCUT2D eigenvalue weighted by Gasteiger charge is -2.36. The van der Waals surface area contributed by atoms with Gasteiger partial charge in [0.25, 0.3) is 0 Å². The second kappa shape index (κ2) is 14.1. The van der Waals surface area contributed by atoms with Crippen molar-refractivity contribution in [2.45, 2.75) is 6.42 Å². The SMILES string of the molecule is CN=C(NCCN1CCN(c2ccc(F)cc2)CC1)N1CCC(COCCOC)C1.I. The minimum Gasteiger partial charge on any atom is -0.382 e. The van der Waals surface area contributed by atoms with E-state index in [1.165, 1.54) is 12.1 Å². The Morgan fingerprint density at radius 3 is 2.55 bits per heavy atom. The molecule has 2 saturated heterocycles. The molecule has 31 heavy (non-hydrogen) atoms. The van der Waals surface area contributed by atoms with Crippen molar-refractivity contribution in [2.24, 2.45) is 10.9 Å². The highest BCUT2D eigenvalue weighted by molar-refractivity contribution is 14.0. The van der Waals surface area contributed by atoms with Crippen LogP contribution in [-0.4, -0.2) is 102 Å². The molecule has 0 aromatic heterocycles.